The van der Waals surface area contributed by atoms with Crippen LogP contribution in [0, 0.1) is 6.92 Å². The Kier molecular flexibility index (Phi) is 5.46. The standard InChI is InChI=1S/C28H32N6/c1-19-10-11-22(15-29-19)28-25-13-23-17-34(20(2)30-26(23)14-27(25)31-32-28)24-9-6-12-33(18-24)16-21-7-4-3-5-8-21/h4,7-8,10-11,13-15,24,30H,2-3,5-6,9,12,16-18H2,1H3,(H,31,32)/t24-/m1/s1. The van der Waals surface area contributed by atoms with Gasteiger partial charge in [-0.2, -0.15) is 5.10 Å². The Morgan fingerprint density at radius 2 is 2.15 bits per heavy atom. The normalized spacial score (nSPS) is 20.9. The zero-order valence-corrected chi connectivity index (χ0v) is 19.8. The topological polar surface area (TPSA) is 60.1 Å². The van der Waals surface area contributed by atoms with Crippen LogP contribution in [0.5, 0.6) is 0 Å². The van der Waals surface area contributed by atoms with E-state index >= 15 is 0 Å². The summed E-state index contributed by atoms with van der Waals surface area (Å²) in [4.78, 5) is 9.54. The fourth-order valence-electron chi connectivity index (χ4n) is 5.51. The number of hydrogen-bond donors (Lipinski definition) is 2. The second kappa shape index (κ2) is 8.76. The number of aromatic nitrogens is 3. The predicted octanol–water partition coefficient (Wildman–Crippen LogP) is 5.37. The van der Waals surface area contributed by atoms with Crippen molar-refractivity contribution in [3.8, 4) is 11.3 Å². The molecule has 0 saturated carbocycles. The molecule has 3 aliphatic rings. The first-order chi connectivity index (χ1) is 16.6. The van der Waals surface area contributed by atoms with Crippen LogP contribution in [0.15, 0.2) is 66.7 Å². The van der Waals surface area contributed by atoms with Gasteiger partial charge in [-0.25, -0.2) is 0 Å². The molecule has 174 valence electrons. The minimum absolute atomic E-state index is 0.468. The third-order valence-electron chi connectivity index (χ3n) is 7.34. The van der Waals surface area contributed by atoms with Crippen LogP contribution < -0.4 is 5.32 Å². The highest BCUT2D eigenvalue weighted by Gasteiger charge is 2.30. The Hall–Kier alpha value is -3.38. The molecule has 34 heavy (non-hydrogen) atoms. The minimum Gasteiger partial charge on any atom is -0.350 e. The molecule has 0 spiro atoms. The molecule has 6 rings (SSSR count). The number of pyridine rings is 1. The number of aryl methyl sites for hydroxylation is 1. The van der Waals surface area contributed by atoms with E-state index in [2.05, 4.69) is 73.3 Å². The van der Waals surface area contributed by atoms with Crippen molar-refractivity contribution in [3.05, 3.63) is 77.9 Å². The summed E-state index contributed by atoms with van der Waals surface area (Å²) in [5.74, 6) is 0.998. The first-order valence-corrected chi connectivity index (χ1v) is 12.4. The summed E-state index contributed by atoms with van der Waals surface area (Å²) in [5, 5.41) is 12.5. The van der Waals surface area contributed by atoms with Crippen LogP contribution >= 0.6 is 0 Å². The predicted molar refractivity (Wildman–Crippen MR) is 138 cm³/mol. The number of H-pyrrole nitrogens is 1. The summed E-state index contributed by atoms with van der Waals surface area (Å²) >= 11 is 0. The van der Waals surface area contributed by atoms with E-state index in [1.807, 2.05) is 19.2 Å². The number of nitrogens with zero attached hydrogens (tertiary/aromatic N) is 4. The van der Waals surface area contributed by atoms with E-state index in [-0.39, 0.29) is 0 Å². The molecule has 1 atom stereocenters. The Balaban J connectivity index is 1.24. The number of anilines is 1. The van der Waals surface area contributed by atoms with E-state index in [0.717, 1.165) is 59.0 Å². The second-order valence-corrected chi connectivity index (χ2v) is 9.80. The lowest BCUT2D eigenvalue weighted by Crippen LogP contribution is -2.49. The largest absolute Gasteiger partial charge is 0.350 e. The number of nitrogens with one attached hydrogen (secondary N) is 2. The van der Waals surface area contributed by atoms with Gasteiger partial charge in [0.2, 0.25) is 0 Å². The summed E-state index contributed by atoms with van der Waals surface area (Å²) in [7, 11) is 0. The highest BCUT2D eigenvalue weighted by molar-refractivity contribution is 5.95. The Labute approximate surface area is 201 Å². The molecule has 2 N–H and O–H groups in total. The average Bonchev–Trinajstić information content (AvgIpc) is 3.26. The maximum atomic E-state index is 4.61. The molecule has 0 radical (unpaired) electrons. The van der Waals surface area contributed by atoms with E-state index < -0.39 is 0 Å². The van der Waals surface area contributed by atoms with Gasteiger partial charge in [0.1, 0.15) is 5.69 Å². The van der Waals surface area contributed by atoms with Crippen molar-refractivity contribution in [1.29, 1.82) is 0 Å². The smallest absolute Gasteiger partial charge is 0.101 e. The summed E-state index contributed by atoms with van der Waals surface area (Å²) in [6.07, 6.45) is 13.7. The van der Waals surface area contributed by atoms with Gasteiger partial charge in [0.15, 0.2) is 0 Å². The molecule has 1 aliphatic carbocycles. The number of likely N-dealkylation sites (tertiary alicyclic amines) is 1. The fourth-order valence-corrected chi connectivity index (χ4v) is 5.51. The quantitative estimate of drug-likeness (QED) is 0.557. The maximum absolute atomic E-state index is 4.61. The molecule has 6 nitrogen and oxygen atoms in total. The van der Waals surface area contributed by atoms with Crippen molar-refractivity contribution in [2.45, 2.75) is 45.2 Å². The van der Waals surface area contributed by atoms with Crippen molar-refractivity contribution < 1.29 is 0 Å². The van der Waals surface area contributed by atoms with Gasteiger partial charge in [0.05, 0.1) is 11.3 Å². The lowest BCUT2D eigenvalue weighted by atomic mass is 9.98. The lowest BCUT2D eigenvalue weighted by Gasteiger charge is -2.44. The van der Waals surface area contributed by atoms with Crippen molar-refractivity contribution in [1.82, 2.24) is 25.0 Å². The first-order valence-electron chi connectivity index (χ1n) is 12.4. The van der Waals surface area contributed by atoms with Gasteiger partial charge in [0, 0.05) is 54.2 Å². The van der Waals surface area contributed by atoms with Gasteiger partial charge in [-0.05, 0) is 74.6 Å². The van der Waals surface area contributed by atoms with Crippen molar-refractivity contribution >= 4 is 16.6 Å². The molecule has 0 amide bonds. The van der Waals surface area contributed by atoms with Gasteiger partial charge < -0.3 is 10.2 Å². The number of allylic oxidation sites excluding steroid dienone is 2. The first kappa shape index (κ1) is 21.2. The van der Waals surface area contributed by atoms with Crippen LogP contribution in [-0.2, 0) is 6.54 Å². The Morgan fingerprint density at radius 1 is 1.21 bits per heavy atom. The third-order valence-corrected chi connectivity index (χ3v) is 7.34. The molecule has 2 aliphatic heterocycles. The number of benzene rings is 1. The van der Waals surface area contributed by atoms with Crippen LogP contribution in [0.3, 0.4) is 0 Å². The molecular formula is C28H32N6. The Morgan fingerprint density at radius 3 is 2.97 bits per heavy atom. The number of piperidine rings is 1. The van der Waals surface area contributed by atoms with E-state index in [1.165, 1.54) is 43.4 Å². The zero-order valence-electron chi connectivity index (χ0n) is 19.8. The number of rotatable bonds is 4. The lowest BCUT2D eigenvalue weighted by molar-refractivity contribution is 0.123. The monoisotopic (exact) mass is 452 g/mol. The summed E-state index contributed by atoms with van der Waals surface area (Å²) in [5.41, 5.74) is 7.91. The Bertz CT molecular complexity index is 1280. The van der Waals surface area contributed by atoms with Crippen molar-refractivity contribution in [2.24, 2.45) is 0 Å². The van der Waals surface area contributed by atoms with Crippen LogP contribution in [0.4, 0.5) is 5.69 Å². The summed E-state index contributed by atoms with van der Waals surface area (Å²) in [6, 6.07) is 9.05. The zero-order chi connectivity index (χ0) is 23.1. The van der Waals surface area contributed by atoms with Crippen LogP contribution in [-0.4, -0.2) is 50.7 Å². The molecule has 6 heteroatoms. The summed E-state index contributed by atoms with van der Waals surface area (Å²) < 4.78 is 0. The molecule has 1 aromatic carbocycles. The van der Waals surface area contributed by atoms with Gasteiger partial charge in [-0.3, -0.25) is 15.0 Å². The minimum atomic E-state index is 0.468. The van der Waals surface area contributed by atoms with E-state index in [1.54, 1.807) is 0 Å². The van der Waals surface area contributed by atoms with E-state index in [9.17, 15) is 0 Å². The number of fused-ring (bicyclic) bond motifs is 2. The second-order valence-electron chi connectivity index (χ2n) is 9.80. The highest BCUT2D eigenvalue weighted by atomic mass is 15.3. The van der Waals surface area contributed by atoms with Crippen molar-refractivity contribution in [3.63, 3.8) is 0 Å². The van der Waals surface area contributed by atoms with Gasteiger partial charge >= 0.3 is 0 Å². The molecule has 0 unspecified atom stereocenters. The molecule has 4 heterocycles. The molecule has 3 aromatic rings. The average molecular weight is 453 g/mol. The van der Waals surface area contributed by atoms with Crippen LogP contribution in [0.1, 0.15) is 36.9 Å². The van der Waals surface area contributed by atoms with E-state index in [4.69, 9.17) is 0 Å². The summed E-state index contributed by atoms with van der Waals surface area (Å²) in [6.45, 7) is 10.6. The third kappa shape index (κ3) is 4.03. The van der Waals surface area contributed by atoms with Crippen molar-refractivity contribution in [2.75, 3.05) is 25.0 Å². The van der Waals surface area contributed by atoms with Crippen LogP contribution in [0.25, 0.3) is 22.2 Å². The van der Waals surface area contributed by atoms with Gasteiger partial charge in [-0.15, -0.1) is 0 Å². The molecule has 1 fully saturated rings. The number of aromatic amines is 1. The highest BCUT2D eigenvalue weighted by Crippen LogP contribution is 2.36. The molecule has 0 bridgehead atoms. The SMILES string of the molecule is C=C1Nc2cc3[nH]nc(-c4ccc(C)nc4)c3cc2CN1[C@@H]1CCCN(CC2=CCCC=C2)C1. The maximum Gasteiger partial charge on any atom is 0.101 e. The molecule has 1 saturated heterocycles. The molecular weight excluding hydrogens is 420 g/mol. The van der Waals surface area contributed by atoms with Gasteiger partial charge in [0.25, 0.3) is 0 Å². The number of hydrogen-bond acceptors (Lipinski definition) is 5. The molecule has 2 aromatic heterocycles. The van der Waals surface area contributed by atoms with Crippen LogP contribution in [0.2, 0.25) is 0 Å². The fraction of sp³-hybridized carbons (Fsp3) is 0.357. The van der Waals surface area contributed by atoms with Gasteiger partial charge in [-0.1, -0.05) is 24.8 Å². The van der Waals surface area contributed by atoms with E-state index in [0.29, 0.717) is 6.04 Å².